The molecule has 4 heterocycles. The summed E-state index contributed by atoms with van der Waals surface area (Å²) in [5.41, 5.74) is 4.28. The maximum absolute atomic E-state index is 12.8. The van der Waals surface area contributed by atoms with Gasteiger partial charge in [0.05, 0.1) is 5.02 Å². The predicted octanol–water partition coefficient (Wildman–Crippen LogP) is 3.95. The highest BCUT2D eigenvalue weighted by Gasteiger charge is 2.19. The summed E-state index contributed by atoms with van der Waals surface area (Å²) in [6, 6.07) is 5.48. The number of anilines is 1. The number of amides is 1. The minimum atomic E-state index is -0.0826. The van der Waals surface area contributed by atoms with Gasteiger partial charge in [0, 0.05) is 42.0 Å². The number of carbonyl (C=O) groups is 1. The van der Waals surface area contributed by atoms with Crippen LogP contribution in [-0.2, 0) is 24.2 Å². The van der Waals surface area contributed by atoms with Gasteiger partial charge in [-0.2, -0.15) is 10.1 Å². The van der Waals surface area contributed by atoms with Gasteiger partial charge in [-0.25, -0.2) is 9.50 Å². The molecule has 5 rings (SSSR count). The maximum atomic E-state index is 12.8. The van der Waals surface area contributed by atoms with Crippen molar-refractivity contribution in [3.05, 3.63) is 52.3 Å². The Morgan fingerprint density at radius 1 is 1.18 bits per heavy atom. The van der Waals surface area contributed by atoms with E-state index in [9.17, 15) is 4.79 Å². The standard InChI is InChI=1S/C23H25ClN8O/c1-14-17(15(2)32-23(27-14)25-13-26-32)8-10-21(33)28-16-7-9-19(24)18(12-16)22-30-29-20-6-4-3-5-11-31(20)22/h7,9,12-13H,3-6,8,10-11H2,1-2H3,(H,28,33). The van der Waals surface area contributed by atoms with Crippen LogP contribution < -0.4 is 5.32 Å². The third-order valence-electron chi connectivity index (χ3n) is 6.19. The lowest BCUT2D eigenvalue weighted by Gasteiger charge is -2.12. The van der Waals surface area contributed by atoms with Gasteiger partial charge in [0.1, 0.15) is 12.2 Å². The Balaban J connectivity index is 1.32. The zero-order valence-corrected chi connectivity index (χ0v) is 19.4. The Kier molecular flexibility index (Phi) is 5.80. The average Bonchev–Trinajstić information content (AvgIpc) is 3.35. The van der Waals surface area contributed by atoms with Crippen LogP contribution >= 0.6 is 11.6 Å². The second kappa shape index (κ2) is 8.90. The molecule has 0 radical (unpaired) electrons. The van der Waals surface area contributed by atoms with E-state index in [0.29, 0.717) is 29.3 Å². The number of hydrogen-bond acceptors (Lipinski definition) is 6. The number of benzene rings is 1. The molecule has 33 heavy (non-hydrogen) atoms. The van der Waals surface area contributed by atoms with E-state index in [4.69, 9.17) is 11.6 Å². The van der Waals surface area contributed by atoms with E-state index in [1.165, 1.54) is 12.7 Å². The lowest BCUT2D eigenvalue weighted by Crippen LogP contribution is -2.14. The summed E-state index contributed by atoms with van der Waals surface area (Å²) in [5, 5.41) is 16.6. The lowest BCUT2D eigenvalue weighted by molar-refractivity contribution is -0.116. The molecule has 1 aliphatic rings. The van der Waals surface area contributed by atoms with Crippen molar-refractivity contribution in [1.82, 2.24) is 34.3 Å². The van der Waals surface area contributed by atoms with E-state index >= 15 is 0 Å². The molecule has 9 nitrogen and oxygen atoms in total. The molecule has 1 aliphatic heterocycles. The first-order valence-electron chi connectivity index (χ1n) is 11.2. The highest BCUT2D eigenvalue weighted by molar-refractivity contribution is 6.33. The smallest absolute Gasteiger partial charge is 0.252 e. The third-order valence-corrected chi connectivity index (χ3v) is 6.52. The normalized spacial score (nSPS) is 13.7. The van der Waals surface area contributed by atoms with Crippen LogP contribution in [0.2, 0.25) is 5.02 Å². The zero-order valence-electron chi connectivity index (χ0n) is 18.7. The first-order chi connectivity index (χ1) is 16.0. The summed E-state index contributed by atoms with van der Waals surface area (Å²) in [6.07, 6.45) is 6.70. The van der Waals surface area contributed by atoms with Crippen LogP contribution in [0.3, 0.4) is 0 Å². The van der Waals surface area contributed by atoms with E-state index in [2.05, 4.69) is 35.1 Å². The third kappa shape index (κ3) is 4.20. The van der Waals surface area contributed by atoms with Crippen molar-refractivity contribution < 1.29 is 4.79 Å². The Morgan fingerprint density at radius 2 is 2.06 bits per heavy atom. The molecule has 0 spiro atoms. The van der Waals surface area contributed by atoms with Gasteiger partial charge in [-0.05, 0) is 56.9 Å². The molecule has 1 aromatic carbocycles. The Bertz CT molecular complexity index is 1340. The topological polar surface area (TPSA) is 103 Å². The van der Waals surface area contributed by atoms with Gasteiger partial charge in [0.2, 0.25) is 5.91 Å². The summed E-state index contributed by atoms with van der Waals surface area (Å²) >= 11 is 6.51. The largest absolute Gasteiger partial charge is 0.326 e. The number of carbonyl (C=O) groups excluding carboxylic acids is 1. The molecule has 0 aliphatic carbocycles. The number of nitrogens with zero attached hydrogens (tertiary/aromatic N) is 7. The van der Waals surface area contributed by atoms with Crippen LogP contribution in [-0.4, -0.2) is 40.3 Å². The molecule has 0 saturated carbocycles. The van der Waals surface area contributed by atoms with E-state index in [1.54, 1.807) is 10.6 Å². The number of fused-ring (bicyclic) bond motifs is 2. The summed E-state index contributed by atoms with van der Waals surface area (Å²) in [4.78, 5) is 21.4. The van der Waals surface area contributed by atoms with Gasteiger partial charge >= 0.3 is 0 Å². The first kappa shape index (κ1) is 21.5. The number of aromatic nitrogens is 7. The first-order valence-corrected chi connectivity index (χ1v) is 11.6. The second-order valence-corrected chi connectivity index (χ2v) is 8.79. The number of nitrogens with one attached hydrogen (secondary N) is 1. The van der Waals surface area contributed by atoms with Crippen LogP contribution in [0.25, 0.3) is 17.2 Å². The fourth-order valence-corrected chi connectivity index (χ4v) is 4.64. The van der Waals surface area contributed by atoms with Crippen LogP contribution in [0.15, 0.2) is 24.5 Å². The molecular formula is C23H25ClN8O. The van der Waals surface area contributed by atoms with Gasteiger partial charge < -0.3 is 9.88 Å². The molecule has 4 aromatic rings. The number of halogens is 1. The van der Waals surface area contributed by atoms with Crippen molar-refractivity contribution in [3.8, 4) is 11.4 Å². The second-order valence-electron chi connectivity index (χ2n) is 8.38. The summed E-state index contributed by atoms with van der Waals surface area (Å²) in [5.74, 6) is 2.24. The number of hydrogen-bond donors (Lipinski definition) is 1. The van der Waals surface area contributed by atoms with Crippen molar-refractivity contribution >= 4 is 29.0 Å². The van der Waals surface area contributed by atoms with Crippen LogP contribution in [0.5, 0.6) is 0 Å². The molecule has 10 heteroatoms. The molecule has 0 bridgehead atoms. The van der Waals surface area contributed by atoms with Gasteiger partial charge in [-0.3, -0.25) is 4.79 Å². The van der Waals surface area contributed by atoms with Gasteiger partial charge in [0.25, 0.3) is 5.78 Å². The van der Waals surface area contributed by atoms with Crippen LogP contribution in [0.4, 0.5) is 5.69 Å². The molecule has 170 valence electrons. The van der Waals surface area contributed by atoms with Crippen molar-refractivity contribution in [2.24, 2.45) is 0 Å². The van der Waals surface area contributed by atoms with Crippen molar-refractivity contribution in [3.63, 3.8) is 0 Å². The molecule has 3 aromatic heterocycles. The Hall–Kier alpha value is -3.33. The van der Waals surface area contributed by atoms with E-state index in [1.807, 2.05) is 26.0 Å². The fourth-order valence-electron chi connectivity index (χ4n) is 4.44. The molecular weight excluding hydrogens is 440 g/mol. The molecule has 1 N–H and O–H groups in total. The molecule has 1 amide bonds. The molecule has 0 saturated heterocycles. The molecule has 0 unspecified atom stereocenters. The average molecular weight is 465 g/mol. The van der Waals surface area contributed by atoms with E-state index in [-0.39, 0.29) is 5.91 Å². The fraction of sp³-hybridized carbons (Fsp3) is 0.391. The Morgan fingerprint density at radius 3 is 2.94 bits per heavy atom. The highest BCUT2D eigenvalue weighted by atomic mass is 35.5. The van der Waals surface area contributed by atoms with Gasteiger partial charge in [-0.15, -0.1) is 10.2 Å². The molecule has 0 atom stereocenters. The minimum Gasteiger partial charge on any atom is -0.326 e. The van der Waals surface area contributed by atoms with Gasteiger partial charge in [-0.1, -0.05) is 18.0 Å². The van der Waals surface area contributed by atoms with E-state index < -0.39 is 0 Å². The number of rotatable bonds is 5. The van der Waals surface area contributed by atoms with Crippen molar-refractivity contribution in [1.29, 1.82) is 0 Å². The quantitative estimate of drug-likeness (QED) is 0.479. The molecule has 0 fully saturated rings. The maximum Gasteiger partial charge on any atom is 0.252 e. The SMILES string of the molecule is Cc1nc2ncnn2c(C)c1CCC(=O)Nc1ccc(Cl)c(-c2nnc3n2CCCCC3)c1. The number of aryl methyl sites for hydroxylation is 3. The zero-order chi connectivity index (χ0) is 22.9. The van der Waals surface area contributed by atoms with Crippen LogP contribution in [0.1, 0.15) is 48.5 Å². The minimum absolute atomic E-state index is 0.0826. The van der Waals surface area contributed by atoms with Gasteiger partial charge in [0.15, 0.2) is 5.82 Å². The summed E-state index contributed by atoms with van der Waals surface area (Å²) in [7, 11) is 0. The Labute approximate surface area is 196 Å². The van der Waals surface area contributed by atoms with E-state index in [0.717, 1.165) is 60.0 Å². The lowest BCUT2D eigenvalue weighted by atomic mass is 10.1. The van der Waals surface area contributed by atoms with Crippen LogP contribution in [0, 0.1) is 13.8 Å². The predicted molar refractivity (Wildman–Crippen MR) is 125 cm³/mol. The highest BCUT2D eigenvalue weighted by Crippen LogP contribution is 2.31. The monoisotopic (exact) mass is 464 g/mol. The summed E-state index contributed by atoms with van der Waals surface area (Å²) in [6.45, 7) is 4.78. The van der Waals surface area contributed by atoms with Crippen molar-refractivity contribution in [2.45, 2.75) is 58.9 Å². The summed E-state index contributed by atoms with van der Waals surface area (Å²) < 4.78 is 3.85. The van der Waals surface area contributed by atoms with Crippen molar-refractivity contribution in [2.75, 3.05) is 5.32 Å².